The zero-order chi connectivity index (χ0) is 23.3. The molecule has 1 N–H and O–H groups in total. The lowest BCUT2D eigenvalue weighted by molar-refractivity contribution is -0.137. The molecule has 1 aliphatic rings. The third kappa shape index (κ3) is 6.11. The minimum atomic E-state index is -0.896. The largest absolute Gasteiger partial charge is 0.493 e. The van der Waals surface area contributed by atoms with Crippen LogP contribution in [0.5, 0.6) is 11.5 Å². The normalized spacial score (nSPS) is 14.8. The van der Waals surface area contributed by atoms with Gasteiger partial charge in [-0.1, -0.05) is 53.8 Å². The maximum atomic E-state index is 12.7. The number of amides is 1. The molecule has 0 saturated carbocycles. The Morgan fingerprint density at radius 3 is 2.66 bits per heavy atom. The highest BCUT2D eigenvalue weighted by molar-refractivity contribution is 9.10. The van der Waals surface area contributed by atoms with E-state index in [1.807, 2.05) is 37.3 Å². The van der Waals surface area contributed by atoms with Gasteiger partial charge >= 0.3 is 5.97 Å². The highest BCUT2D eigenvalue weighted by Crippen LogP contribution is 2.39. The van der Waals surface area contributed by atoms with Crippen molar-refractivity contribution in [2.24, 2.45) is 0 Å². The molecule has 9 heteroatoms. The predicted octanol–water partition coefficient (Wildman–Crippen LogP) is 5.41. The molecule has 0 radical (unpaired) electrons. The maximum Gasteiger partial charge on any atom is 0.303 e. The second kappa shape index (κ2) is 11.0. The van der Waals surface area contributed by atoms with Crippen LogP contribution >= 0.6 is 39.9 Å². The van der Waals surface area contributed by atoms with Gasteiger partial charge in [0, 0.05) is 13.0 Å². The van der Waals surface area contributed by atoms with Gasteiger partial charge in [0.1, 0.15) is 10.9 Å². The predicted molar refractivity (Wildman–Crippen MR) is 133 cm³/mol. The summed E-state index contributed by atoms with van der Waals surface area (Å²) in [6.45, 7) is 2.71. The molecule has 0 aliphatic carbocycles. The Morgan fingerprint density at radius 2 is 2.00 bits per heavy atom. The number of hydrogen-bond acceptors (Lipinski definition) is 6. The van der Waals surface area contributed by atoms with Crippen molar-refractivity contribution in [3.63, 3.8) is 0 Å². The number of benzene rings is 2. The lowest BCUT2D eigenvalue weighted by Crippen LogP contribution is -2.29. The molecule has 0 bridgehead atoms. The summed E-state index contributed by atoms with van der Waals surface area (Å²) in [5, 5.41) is 8.80. The average molecular weight is 536 g/mol. The number of halogens is 1. The van der Waals surface area contributed by atoms with E-state index >= 15 is 0 Å². The van der Waals surface area contributed by atoms with Gasteiger partial charge in [-0.05, 0) is 58.6 Å². The van der Waals surface area contributed by atoms with Gasteiger partial charge in [0.05, 0.1) is 16.5 Å². The van der Waals surface area contributed by atoms with Crippen molar-refractivity contribution in [2.45, 2.75) is 26.4 Å². The molecule has 2 aromatic rings. The monoisotopic (exact) mass is 535 g/mol. The zero-order valence-corrected chi connectivity index (χ0v) is 20.8. The first-order chi connectivity index (χ1) is 15.3. The summed E-state index contributed by atoms with van der Waals surface area (Å²) >= 11 is 10.0. The van der Waals surface area contributed by atoms with Crippen molar-refractivity contribution in [2.75, 3.05) is 13.7 Å². The smallest absolute Gasteiger partial charge is 0.303 e. The lowest BCUT2D eigenvalue weighted by Gasteiger charge is -2.14. The molecule has 1 saturated heterocycles. The van der Waals surface area contributed by atoms with Gasteiger partial charge in [-0.25, -0.2) is 0 Å². The van der Waals surface area contributed by atoms with Gasteiger partial charge < -0.3 is 14.6 Å². The highest BCUT2D eigenvalue weighted by Gasteiger charge is 2.31. The van der Waals surface area contributed by atoms with Gasteiger partial charge in [-0.15, -0.1) is 0 Å². The van der Waals surface area contributed by atoms with E-state index in [0.717, 1.165) is 11.1 Å². The molecule has 1 fully saturated rings. The number of thiocarbonyl (C=S) groups is 1. The van der Waals surface area contributed by atoms with Gasteiger partial charge in [-0.3, -0.25) is 14.5 Å². The number of thioether (sulfide) groups is 1. The van der Waals surface area contributed by atoms with Gasteiger partial charge in [0.25, 0.3) is 5.91 Å². The number of carbonyl (C=O) groups is 2. The number of aryl methyl sites for hydroxylation is 1. The van der Waals surface area contributed by atoms with Crippen molar-refractivity contribution in [3.8, 4) is 11.5 Å². The van der Waals surface area contributed by atoms with Crippen molar-refractivity contribution in [1.82, 2.24) is 4.90 Å². The Kier molecular flexibility index (Phi) is 8.33. The van der Waals surface area contributed by atoms with E-state index < -0.39 is 5.97 Å². The van der Waals surface area contributed by atoms with E-state index in [0.29, 0.717) is 38.2 Å². The van der Waals surface area contributed by atoms with E-state index in [-0.39, 0.29) is 18.9 Å². The van der Waals surface area contributed by atoms with Crippen LogP contribution in [0.1, 0.15) is 29.5 Å². The summed E-state index contributed by atoms with van der Waals surface area (Å²) < 4.78 is 12.6. The van der Waals surface area contributed by atoms with E-state index in [1.54, 1.807) is 19.3 Å². The summed E-state index contributed by atoms with van der Waals surface area (Å²) in [5.41, 5.74) is 2.98. The topological polar surface area (TPSA) is 76.1 Å². The fraction of sp³-hybridized carbons (Fsp3) is 0.261. The first-order valence-electron chi connectivity index (χ1n) is 9.81. The summed E-state index contributed by atoms with van der Waals surface area (Å²) in [7, 11) is 1.56. The third-order valence-electron chi connectivity index (χ3n) is 4.70. The van der Waals surface area contributed by atoms with Crippen LogP contribution in [0.2, 0.25) is 0 Å². The summed E-state index contributed by atoms with van der Waals surface area (Å²) in [6, 6.07) is 11.7. The first kappa shape index (κ1) is 24.3. The Balaban J connectivity index is 1.75. The van der Waals surface area contributed by atoms with Crippen LogP contribution in [0.25, 0.3) is 6.08 Å². The number of ether oxygens (including phenoxy) is 2. The van der Waals surface area contributed by atoms with E-state index in [2.05, 4.69) is 15.9 Å². The second-order valence-electron chi connectivity index (χ2n) is 7.14. The van der Waals surface area contributed by atoms with Gasteiger partial charge in [0.15, 0.2) is 11.5 Å². The van der Waals surface area contributed by atoms with E-state index in [4.69, 9.17) is 26.8 Å². The summed E-state index contributed by atoms with van der Waals surface area (Å²) in [4.78, 5) is 25.4. The molecule has 0 atom stereocenters. The molecule has 32 heavy (non-hydrogen) atoms. The van der Waals surface area contributed by atoms with Crippen LogP contribution in [-0.4, -0.2) is 39.9 Å². The molecule has 1 heterocycles. The fourth-order valence-corrected chi connectivity index (χ4v) is 4.92. The maximum absolute atomic E-state index is 12.7. The first-order valence-corrected chi connectivity index (χ1v) is 11.8. The highest BCUT2D eigenvalue weighted by atomic mass is 79.9. The van der Waals surface area contributed by atoms with Gasteiger partial charge in [-0.2, -0.15) is 0 Å². The molecule has 0 aromatic heterocycles. The minimum Gasteiger partial charge on any atom is -0.493 e. The summed E-state index contributed by atoms with van der Waals surface area (Å²) in [6.07, 6.45) is 2.08. The molecule has 168 valence electrons. The van der Waals surface area contributed by atoms with Crippen LogP contribution in [0.15, 0.2) is 45.8 Å². The van der Waals surface area contributed by atoms with Crippen LogP contribution in [-0.2, 0) is 16.2 Å². The van der Waals surface area contributed by atoms with Crippen LogP contribution in [0.4, 0.5) is 0 Å². The molecular weight excluding hydrogens is 514 g/mol. The number of carboxylic acid groups (broad SMARTS) is 1. The second-order valence-corrected chi connectivity index (χ2v) is 9.67. The quantitative estimate of drug-likeness (QED) is 0.339. The molecule has 1 amide bonds. The Morgan fingerprint density at radius 1 is 1.28 bits per heavy atom. The molecule has 1 aliphatic heterocycles. The molecule has 0 spiro atoms. The fourth-order valence-electron chi connectivity index (χ4n) is 3.04. The average Bonchev–Trinajstić information content (AvgIpc) is 3.01. The zero-order valence-electron chi connectivity index (χ0n) is 17.6. The van der Waals surface area contributed by atoms with Crippen molar-refractivity contribution in [1.29, 1.82) is 0 Å². The van der Waals surface area contributed by atoms with E-state index in [1.165, 1.54) is 22.2 Å². The third-order valence-corrected chi connectivity index (χ3v) is 6.67. The van der Waals surface area contributed by atoms with E-state index in [9.17, 15) is 9.59 Å². The number of hydrogen-bond donors (Lipinski definition) is 1. The number of methoxy groups -OCH3 is 1. The number of carbonyl (C=O) groups excluding carboxylic acids is 1. The van der Waals surface area contributed by atoms with Crippen molar-refractivity contribution < 1.29 is 24.2 Å². The Hall–Kier alpha value is -2.36. The number of rotatable bonds is 9. The van der Waals surface area contributed by atoms with Crippen LogP contribution in [0.3, 0.4) is 0 Å². The standard InChI is InChI=1S/C23H22BrNO5S2/c1-14-5-7-15(8-6-14)13-30-21-17(24)10-16(11-18(21)29-2)12-19-22(28)25(23(31)32-19)9-3-4-20(26)27/h5-8,10-12H,3-4,9,13H2,1-2H3,(H,26,27)/b19-12-. The van der Waals surface area contributed by atoms with Crippen molar-refractivity contribution >= 4 is 62.2 Å². The van der Waals surface area contributed by atoms with Crippen molar-refractivity contribution in [3.05, 3.63) is 62.5 Å². The molecular formula is C23H22BrNO5S2. The number of nitrogens with zero attached hydrogens (tertiary/aromatic N) is 1. The summed E-state index contributed by atoms with van der Waals surface area (Å²) in [5.74, 6) is -0.00564. The molecule has 2 aromatic carbocycles. The SMILES string of the molecule is COc1cc(/C=C2\SC(=S)N(CCCC(=O)O)C2=O)cc(Br)c1OCc1ccc(C)cc1. The van der Waals surface area contributed by atoms with Crippen LogP contribution < -0.4 is 9.47 Å². The Labute approximate surface area is 204 Å². The number of aliphatic carboxylic acids is 1. The lowest BCUT2D eigenvalue weighted by atomic mass is 10.1. The molecule has 6 nitrogen and oxygen atoms in total. The Bertz CT molecular complexity index is 1070. The minimum absolute atomic E-state index is 0.00962. The molecule has 0 unspecified atom stereocenters. The van der Waals surface area contributed by atoms with Gasteiger partial charge in [0.2, 0.25) is 0 Å². The van der Waals surface area contributed by atoms with Crippen LogP contribution in [0, 0.1) is 6.92 Å². The molecule has 3 rings (SSSR count). The number of carboxylic acids is 1.